The molecule has 2 rings (SSSR count). The largest absolute Gasteiger partial charge is 0.495 e. The van der Waals surface area contributed by atoms with Crippen LogP contribution in [0.5, 0.6) is 5.75 Å². The van der Waals surface area contributed by atoms with Crippen molar-refractivity contribution in [2.24, 2.45) is 11.7 Å². The van der Waals surface area contributed by atoms with Crippen LogP contribution in [0.25, 0.3) is 0 Å². The predicted octanol–water partition coefficient (Wildman–Crippen LogP) is 2.44. The summed E-state index contributed by atoms with van der Waals surface area (Å²) in [6, 6.07) is 2.89. The molecular weight excluding hydrogens is 255 g/mol. The lowest BCUT2D eigenvalue weighted by atomic mass is 9.99. The van der Waals surface area contributed by atoms with Crippen LogP contribution < -0.4 is 10.5 Å². The van der Waals surface area contributed by atoms with E-state index in [0.717, 1.165) is 18.5 Å². The maximum Gasteiger partial charge on any atom is 0.142 e. The van der Waals surface area contributed by atoms with Crippen molar-refractivity contribution in [3.63, 3.8) is 0 Å². The van der Waals surface area contributed by atoms with E-state index in [4.69, 9.17) is 22.1 Å². The first kappa shape index (κ1) is 13.6. The third-order valence-electron chi connectivity index (χ3n) is 3.57. The summed E-state index contributed by atoms with van der Waals surface area (Å²) in [7, 11) is 3.57. The Morgan fingerprint density at radius 1 is 1.56 bits per heavy atom. The fraction of sp³-hybridized carbons (Fsp3) is 0.538. The lowest BCUT2D eigenvalue weighted by Crippen LogP contribution is -2.21. The molecule has 1 saturated heterocycles. The van der Waals surface area contributed by atoms with Gasteiger partial charge in [0.05, 0.1) is 12.1 Å². The number of methoxy groups -OCH3 is 1. The molecule has 1 fully saturated rings. The number of hydrogen-bond donors (Lipinski definition) is 1. The van der Waals surface area contributed by atoms with Gasteiger partial charge in [0.2, 0.25) is 0 Å². The zero-order valence-electron chi connectivity index (χ0n) is 10.6. The quantitative estimate of drug-likeness (QED) is 0.919. The van der Waals surface area contributed by atoms with Gasteiger partial charge < -0.3 is 10.5 Å². The van der Waals surface area contributed by atoms with Crippen LogP contribution in [0.15, 0.2) is 12.1 Å². The van der Waals surface area contributed by atoms with E-state index in [1.807, 2.05) is 7.05 Å². The fourth-order valence-corrected chi connectivity index (χ4v) is 2.97. The van der Waals surface area contributed by atoms with E-state index in [9.17, 15) is 4.39 Å². The van der Waals surface area contributed by atoms with Crippen molar-refractivity contribution in [1.82, 2.24) is 4.90 Å². The minimum atomic E-state index is -0.333. The molecular formula is C13H18ClFN2O. The number of halogens is 2. The number of benzene rings is 1. The normalized spacial score (nSPS) is 24.5. The van der Waals surface area contributed by atoms with Crippen molar-refractivity contribution in [1.29, 1.82) is 0 Å². The number of nitrogens with zero attached hydrogens (tertiary/aromatic N) is 1. The van der Waals surface area contributed by atoms with Crippen molar-refractivity contribution in [3.8, 4) is 5.75 Å². The first-order valence-corrected chi connectivity index (χ1v) is 6.37. The highest BCUT2D eigenvalue weighted by molar-refractivity contribution is 6.32. The van der Waals surface area contributed by atoms with Crippen LogP contribution in [0, 0.1) is 11.7 Å². The molecule has 0 radical (unpaired) electrons. The molecule has 2 N–H and O–H groups in total. The molecule has 2 atom stereocenters. The molecule has 5 heteroatoms. The van der Waals surface area contributed by atoms with Crippen LogP contribution in [0.2, 0.25) is 5.02 Å². The second-order valence-electron chi connectivity index (χ2n) is 4.80. The van der Waals surface area contributed by atoms with E-state index in [1.54, 1.807) is 7.11 Å². The Hall–Kier alpha value is -0.840. The van der Waals surface area contributed by atoms with Gasteiger partial charge in [-0.05, 0) is 38.1 Å². The zero-order chi connectivity index (χ0) is 13.3. The maximum absolute atomic E-state index is 13.5. The Kier molecular flexibility index (Phi) is 4.10. The van der Waals surface area contributed by atoms with Gasteiger partial charge in [-0.2, -0.15) is 0 Å². The second-order valence-corrected chi connectivity index (χ2v) is 5.21. The molecule has 1 heterocycles. The highest BCUT2D eigenvalue weighted by Crippen LogP contribution is 2.41. The Bertz CT molecular complexity index is 441. The Labute approximate surface area is 112 Å². The van der Waals surface area contributed by atoms with Gasteiger partial charge in [0, 0.05) is 18.2 Å². The lowest BCUT2D eigenvalue weighted by Gasteiger charge is -2.22. The molecule has 1 aliphatic heterocycles. The van der Waals surface area contributed by atoms with Crippen molar-refractivity contribution >= 4 is 11.6 Å². The molecule has 1 aromatic rings. The average Bonchev–Trinajstić information content (AvgIpc) is 2.69. The molecule has 0 aromatic heterocycles. The number of ether oxygens (including phenoxy) is 1. The summed E-state index contributed by atoms with van der Waals surface area (Å²) in [6.07, 6.45) is 0.906. The van der Waals surface area contributed by atoms with Crippen LogP contribution in [0.3, 0.4) is 0 Å². The molecule has 0 spiro atoms. The van der Waals surface area contributed by atoms with E-state index in [0.29, 0.717) is 23.2 Å². The molecule has 1 aliphatic rings. The summed E-state index contributed by atoms with van der Waals surface area (Å²) in [6.45, 7) is 1.56. The molecule has 100 valence electrons. The SMILES string of the molecule is COc1c(Cl)cc(F)cc1C1CC(CN)CN1C. The summed E-state index contributed by atoms with van der Waals surface area (Å²) in [5, 5.41) is 0.317. The molecule has 1 aromatic carbocycles. The third kappa shape index (κ3) is 2.46. The maximum atomic E-state index is 13.5. The first-order chi connectivity index (χ1) is 8.56. The molecule has 0 aliphatic carbocycles. The van der Waals surface area contributed by atoms with Crippen molar-refractivity contribution in [2.45, 2.75) is 12.5 Å². The number of hydrogen-bond acceptors (Lipinski definition) is 3. The second kappa shape index (κ2) is 5.43. The van der Waals surface area contributed by atoms with E-state index >= 15 is 0 Å². The molecule has 0 amide bonds. The zero-order valence-corrected chi connectivity index (χ0v) is 11.4. The summed E-state index contributed by atoms with van der Waals surface area (Å²) in [5.41, 5.74) is 6.52. The Morgan fingerprint density at radius 2 is 2.28 bits per heavy atom. The Balaban J connectivity index is 2.38. The monoisotopic (exact) mass is 272 g/mol. The standard InChI is InChI=1S/C13H18ClFN2O/c1-17-7-8(6-16)3-12(17)10-4-9(15)5-11(14)13(10)18-2/h4-5,8,12H,3,6-7,16H2,1-2H3. The van der Waals surface area contributed by atoms with Gasteiger partial charge in [0.1, 0.15) is 11.6 Å². The number of rotatable bonds is 3. The van der Waals surface area contributed by atoms with Crippen molar-refractivity contribution in [3.05, 3.63) is 28.5 Å². The topological polar surface area (TPSA) is 38.5 Å². The summed E-state index contributed by atoms with van der Waals surface area (Å²) in [5.74, 6) is 0.666. The van der Waals surface area contributed by atoms with Crippen LogP contribution in [-0.2, 0) is 0 Å². The van der Waals surface area contributed by atoms with Gasteiger partial charge in [-0.15, -0.1) is 0 Å². The molecule has 2 unspecified atom stereocenters. The predicted molar refractivity (Wildman–Crippen MR) is 70.5 cm³/mol. The average molecular weight is 273 g/mol. The lowest BCUT2D eigenvalue weighted by molar-refractivity contribution is 0.302. The summed E-state index contributed by atoms with van der Waals surface area (Å²) < 4.78 is 18.8. The first-order valence-electron chi connectivity index (χ1n) is 6.00. The van der Waals surface area contributed by atoms with Crippen molar-refractivity contribution < 1.29 is 9.13 Å². The van der Waals surface area contributed by atoms with Crippen LogP contribution in [0.4, 0.5) is 4.39 Å². The van der Waals surface area contributed by atoms with E-state index in [2.05, 4.69) is 4.90 Å². The van der Waals surface area contributed by atoms with Crippen LogP contribution in [-0.4, -0.2) is 32.1 Å². The smallest absolute Gasteiger partial charge is 0.142 e. The third-order valence-corrected chi connectivity index (χ3v) is 3.85. The van der Waals surface area contributed by atoms with Gasteiger partial charge >= 0.3 is 0 Å². The van der Waals surface area contributed by atoms with Gasteiger partial charge in [0.15, 0.2) is 0 Å². The molecule has 0 saturated carbocycles. The highest BCUT2D eigenvalue weighted by Gasteiger charge is 2.32. The van der Waals surface area contributed by atoms with Crippen LogP contribution >= 0.6 is 11.6 Å². The van der Waals surface area contributed by atoms with Crippen LogP contribution in [0.1, 0.15) is 18.0 Å². The molecule has 0 bridgehead atoms. The van der Waals surface area contributed by atoms with Gasteiger partial charge in [-0.25, -0.2) is 4.39 Å². The van der Waals surface area contributed by atoms with Crippen molar-refractivity contribution in [2.75, 3.05) is 27.2 Å². The van der Waals surface area contributed by atoms with E-state index in [1.165, 1.54) is 12.1 Å². The van der Waals surface area contributed by atoms with Gasteiger partial charge in [0.25, 0.3) is 0 Å². The van der Waals surface area contributed by atoms with E-state index < -0.39 is 0 Å². The van der Waals surface area contributed by atoms with E-state index in [-0.39, 0.29) is 11.9 Å². The molecule has 18 heavy (non-hydrogen) atoms. The summed E-state index contributed by atoms with van der Waals surface area (Å²) in [4.78, 5) is 2.17. The minimum absolute atomic E-state index is 0.113. The Morgan fingerprint density at radius 3 is 2.83 bits per heavy atom. The highest BCUT2D eigenvalue weighted by atomic mass is 35.5. The fourth-order valence-electron chi connectivity index (χ4n) is 2.68. The van der Waals surface area contributed by atoms with Gasteiger partial charge in [-0.1, -0.05) is 11.6 Å². The minimum Gasteiger partial charge on any atom is -0.495 e. The number of likely N-dealkylation sites (tertiary alicyclic amines) is 1. The number of nitrogens with two attached hydrogens (primary N) is 1. The molecule has 3 nitrogen and oxygen atoms in total. The summed E-state index contributed by atoms with van der Waals surface area (Å²) >= 11 is 6.02. The van der Waals surface area contributed by atoms with Gasteiger partial charge in [-0.3, -0.25) is 4.90 Å².